The zero-order chi connectivity index (χ0) is 21.6. The first kappa shape index (κ1) is 19.7. The van der Waals surface area contributed by atoms with Crippen LogP contribution >= 0.6 is 0 Å². The van der Waals surface area contributed by atoms with Gasteiger partial charge in [-0.15, -0.1) is 0 Å². The smallest absolute Gasteiger partial charge is 0.255 e. The highest BCUT2D eigenvalue weighted by Crippen LogP contribution is 2.44. The molecule has 1 amide bonds. The number of amides is 1. The molecule has 3 aromatic rings. The van der Waals surface area contributed by atoms with E-state index >= 15 is 0 Å². The van der Waals surface area contributed by atoms with Crippen molar-refractivity contribution in [3.8, 4) is 0 Å². The van der Waals surface area contributed by atoms with Crippen molar-refractivity contribution in [1.29, 1.82) is 0 Å². The van der Waals surface area contributed by atoms with E-state index in [1.165, 1.54) is 12.1 Å². The highest BCUT2D eigenvalue weighted by molar-refractivity contribution is 5.94. The van der Waals surface area contributed by atoms with Gasteiger partial charge in [0, 0.05) is 57.1 Å². The van der Waals surface area contributed by atoms with Gasteiger partial charge in [-0.3, -0.25) is 19.8 Å². The summed E-state index contributed by atoms with van der Waals surface area (Å²) in [5.41, 5.74) is 0.701. The highest BCUT2D eigenvalue weighted by Gasteiger charge is 2.56. The minimum absolute atomic E-state index is 0.0621. The molecule has 2 fully saturated rings. The summed E-state index contributed by atoms with van der Waals surface area (Å²) in [4.78, 5) is 25.7. The van der Waals surface area contributed by atoms with Crippen molar-refractivity contribution in [3.05, 3.63) is 77.1 Å². The molecule has 0 bridgehead atoms. The Kier molecular flexibility index (Phi) is 4.77. The monoisotopic (exact) mass is 424 g/mol. The SMILES string of the molecule is Cc1nc([C@@]23CN(Cc4cc(F)cc(F)c4)C[C@@H]2CN(C(=O)c2cccnc2)C3)n[nH]1. The van der Waals surface area contributed by atoms with E-state index < -0.39 is 17.0 Å². The molecular weight excluding hydrogens is 402 g/mol. The normalized spacial score (nSPS) is 23.3. The molecule has 7 nitrogen and oxygen atoms in total. The number of H-pyrrole nitrogens is 1. The molecule has 2 aliphatic rings. The Morgan fingerprint density at radius 2 is 2.03 bits per heavy atom. The number of aromatic amines is 1. The van der Waals surface area contributed by atoms with Crippen molar-refractivity contribution in [2.45, 2.75) is 18.9 Å². The molecule has 2 aromatic heterocycles. The van der Waals surface area contributed by atoms with Crippen LogP contribution in [0.2, 0.25) is 0 Å². The molecule has 31 heavy (non-hydrogen) atoms. The fourth-order valence-electron chi connectivity index (χ4n) is 4.96. The number of benzene rings is 1. The molecule has 1 N–H and O–H groups in total. The number of aromatic nitrogens is 4. The van der Waals surface area contributed by atoms with Crippen LogP contribution in [0.1, 0.15) is 27.6 Å². The van der Waals surface area contributed by atoms with Crippen molar-refractivity contribution in [3.63, 3.8) is 0 Å². The minimum Gasteiger partial charge on any atom is -0.337 e. The second-order valence-corrected chi connectivity index (χ2v) is 8.47. The first-order valence-electron chi connectivity index (χ1n) is 10.2. The van der Waals surface area contributed by atoms with E-state index in [2.05, 4.69) is 25.1 Å². The van der Waals surface area contributed by atoms with E-state index in [9.17, 15) is 13.6 Å². The van der Waals surface area contributed by atoms with Crippen molar-refractivity contribution in [1.82, 2.24) is 30.0 Å². The van der Waals surface area contributed by atoms with Crippen LogP contribution in [-0.4, -0.2) is 62.1 Å². The largest absolute Gasteiger partial charge is 0.337 e. The van der Waals surface area contributed by atoms with Crippen LogP contribution in [0.3, 0.4) is 0 Å². The predicted molar refractivity (Wildman–Crippen MR) is 108 cm³/mol. The van der Waals surface area contributed by atoms with Crippen molar-refractivity contribution in [2.75, 3.05) is 26.2 Å². The van der Waals surface area contributed by atoms with Crippen LogP contribution in [0, 0.1) is 24.5 Å². The second-order valence-electron chi connectivity index (χ2n) is 8.47. The summed E-state index contributed by atoms with van der Waals surface area (Å²) in [6.45, 7) is 4.60. The number of pyridine rings is 1. The molecule has 1 aromatic carbocycles. The number of nitrogens with zero attached hydrogens (tertiary/aromatic N) is 5. The standard InChI is InChI=1S/C22H22F2N6O/c1-14-26-21(28-27-14)22-12-29(9-15-5-18(23)7-19(24)6-15)10-17(22)11-30(13-22)20(31)16-3-2-4-25-8-16/h2-8,17H,9-13H2,1H3,(H,26,27,28)/t17-,22-/m1/s1. The molecule has 5 rings (SSSR count). The molecule has 0 saturated carbocycles. The van der Waals surface area contributed by atoms with E-state index in [1.807, 2.05) is 11.8 Å². The Labute approximate surface area is 178 Å². The number of hydrogen-bond donors (Lipinski definition) is 1. The Morgan fingerprint density at radius 3 is 2.71 bits per heavy atom. The third kappa shape index (κ3) is 3.59. The molecular formula is C22H22F2N6O. The Balaban J connectivity index is 1.41. The lowest BCUT2D eigenvalue weighted by molar-refractivity contribution is 0.0768. The summed E-state index contributed by atoms with van der Waals surface area (Å²) in [6, 6.07) is 7.11. The van der Waals surface area contributed by atoms with Gasteiger partial charge in [-0.05, 0) is 36.8 Å². The maximum Gasteiger partial charge on any atom is 0.255 e. The van der Waals surface area contributed by atoms with Crippen molar-refractivity contribution < 1.29 is 13.6 Å². The number of fused-ring (bicyclic) bond motifs is 1. The van der Waals surface area contributed by atoms with Crippen LogP contribution < -0.4 is 0 Å². The summed E-state index contributed by atoms with van der Waals surface area (Å²) in [6.07, 6.45) is 3.21. The average molecular weight is 424 g/mol. The molecule has 0 aliphatic carbocycles. The lowest BCUT2D eigenvalue weighted by Gasteiger charge is -2.27. The van der Waals surface area contributed by atoms with Crippen LogP contribution in [0.4, 0.5) is 8.78 Å². The van der Waals surface area contributed by atoms with E-state index in [-0.39, 0.29) is 11.8 Å². The lowest BCUT2D eigenvalue weighted by Crippen LogP contribution is -2.40. The van der Waals surface area contributed by atoms with Gasteiger partial charge in [0.1, 0.15) is 17.5 Å². The molecule has 2 aliphatic heterocycles. The zero-order valence-electron chi connectivity index (χ0n) is 17.1. The molecule has 0 unspecified atom stereocenters. The number of carbonyl (C=O) groups excluding carboxylic acids is 1. The number of halogens is 2. The first-order valence-corrected chi connectivity index (χ1v) is 10.2. The van der Waals surface area contributed by atoms with Crippen LogP contribution in [0.25, 0.3) is 0 Å². The fourth-order valence-corrected chi connectivity index (χ4v) is 4.96. The second kappa shape index (κ2) is 7.49. The number of carbonyl (C=O) groups is 1. The van der Waals surface area contributed by atoms with Gasteiger partial charge >= 0.3 is 0 Å². The third-order valence-corrected chi connectivity index (χ3v) is 6.25. The molecule has 2 saturated heterocycles. The summed E-state index contributed by atoms with van der Waals surface area (Å²) in [7, 11) is 0. The number of nitrogens with one attached hydrogen (secondary N) is 1. The van der Waals surface area contributed by atoms with Crippen LogP contribution in [0.5, 0.6) is 0 Å². The Hall–Kier alpha value is -3.20. The van der Waals surface area contributed by atoms with Gasteiger partial charge in [0.2, 0.25) is 0 Å². The summed E-state index contributed by atoms with van der Waals surface area (Å²) in [5, 5.41) is 7.35. The Morgan fingerprint density at radius 1 is 1.23 bits per heavy atom. The van der Waals surface area contributed by atoms with Gasteiger partial charge in [-0.1, -0.05) is 0 Å². The molecule has 9 heteroatoms. The number of hydrogen-bond acceptors (Lipinski definition) is 5. The minimum atomic E-state index is -0.582. The van der Waals surface area contributed by atoms with Gasteiger partial charge in [-0.25, -0.2) is 13.8 Å². The van der Waals surface area contributed by atoms with Gasteiger partial charge in [0.15, 0.2) is 5.82 Å². The quantitative estimate of drug-likeness (QED) is 0.696. The summed E-state index contributed by atoms with van der Waals surface area (Å²) >= 11 is 0. The van der Waals surface area contributed by atoms with E-state index in [0.717, 1.165) is 6.07 Å². The highest BCUT2D eigenvalue weighted by atomic mass is 19.1. The molecule has 0 radical (unpaired) electrons. The van der Waals surface area contributed by atoms with Gasteiger partial charge in [0.05, 0.1) is 11.0 Å². The number of rotatable bonds is 4. The van der Waals surface area contributed by atoms with Gasteiger partial charge in [-0.2, -0.15) is 5.10 Å². The fraction of sp³-hybridized carbons (Fsp3) is 0.364. The lowest BCUT2D eigenvalue weighted by atomic mass is 9.80. The van der Waals surface area contributed by atoms with Crippen LogP contribution in [-0.2, 0) is 12.0 Å². The molecule has 160 valence electrons. The van der Waals surface area contributed by atoms with Gasteiger partial charge in [0.25, 0.3) is 5.91 Å². The molecule has 2 atom stereocenters. The first-order chi connectivity index (χ1) is 14.9. The van der Waals surface area contributed by atoms with E-state index in [1.54, 1.807) is 24.5 Å². The van der Waals surface area contributed by atoms with Crippen molar-refractivity contribution >= 4 is 5.91 Å². The zero-order valence-corrected chi connectivity index (χ0v) is 17.1. The number of likely N-dealkylation sites (tertiary alicyclic amines) is 2. The average Bonchev–Trinajstić information content (AvgIpc) is 3.40. The van der Waals surface area contributed by atoms with Crippen LogP contribution in [0.15, 0.2) is 42.7 Å². The topological polar surface area (TPSA) is 78.0 Å². The maximum absolute atomic E-state index is 13.6. The van der Waals surface area contributed by atoms with E-state index in [0.29, 0.717) is 55.5 Å². The van der Waals surface area contributed by atoms with E-state index in [4.69, 9.17) is 0 Å². The summed E-state index contributed by atoms with van der Waals surface area (Å²) < 4.78 is 27.3. The number of aryl methyl sites for hydroxylation is 1. The molecule has 0 spiro atoms. The maximum atomic E-state index is 13.6. The van der Waals surface area contributed by atoms with Gasteiger partial charge < -0.3 is 4.90 Å². The predicted octanol–water partition coefficient (Wildman–Crippen LogP) is 2.31. The molecule has 4 heterocycles. The summed E-state index contributed by atoms with van der Waals surface area (Å²) in [5.74, 6) is 0.286. The third-order valence-electron chi connectivity index (χ3n) is 6.25. The van der Waals surface area contributed by atoms with Crippen molar-refractivity contribution in [2.24, 2.45) is 5.92 Å². The Bertz CT molecular complexity index is 1100.